The van der Waals surface area contributed by atoms with Gasteiger partial charge in [-0.15, -0.1) is 10.2 Å². The van der Waals surface area contributed by atoms with Crippen molar-refractivity contribution >= 4 is 0 Å². The number of aromatic nitrogens is 3. The van der Waals surface area contributed by atoms with Gasteiger partial charge in [-0.05, 0) is 38.4 Å². The van der Waals surface area contributed by atoms with Crippen molar-refractivity contribution in [2.75, 3.05) is 6.54 Å². The van der Waals surface area contributed by atoms with Crippen LogP contribution in [0.3, 0.4) is 0 Å². The van der Waals surface area contributed by atoms with Gasteiger partial charge < -0.3 is 5.73 Å². The average molecular weight is 244 g/mol. The maximum atomic E-state index is 5.50. The van der Waals surface area contributed by atoms with Crippen molar-refractivity contribution in [2.45, 2.75) is 32.6 Å². The number of hydrogen-bond donors (Lipinski definition) is 1. The third-order valence-corrected chi connectivity index (χ3v) is 3.01. The number of para-hydroxylation sites is 1. The van der Waals surface area contributed by atoms with E-state index in [1.807, 2.05) is 25.1 Å². The summed E-state index contributed by atoms with van der Waals surface area (Å²) in [6.45, 7) is 2.76. The van der Waals surface area contributed by atoms with Gasteiger partial charge in [0.25, 0.3) is 0 Å². The zero-order chi connectivity index (χ0) is 12.8. The highest BCUT2D eigenvalue weighted by molar-refractivity contribution is 5.33. The lowest BCUT2D eigenvalue weighted by atomic mass is 10.2. The van der Waals surface area contributed by atoms with Crippen molar-refractivity contribution in [3.63, 3.8) is 0 Å². The van der Waals surface area contributed by atoms with E-state index in [1.54, 1.807) is 0 Å². The van der Waals surface area contributed by atoms with Crippen molar-refractivity contribution < 1.29 is 0 Å². The average Bonchev–Trinajstić information content (AvgIpc) is 2.77. The molecule has 0 fully saturated rings. The van der Waals surface area contributed by atoms with E-state index in [4.69, 9.17) is 5.73 Å². The van der Waals surface area contributed by atoms with E-state index in [0.717, 1.165) is 49.6 Å². The van der Waals surface area contributed by atoms with Gasteiger partial charge in [0, 0.05) is 12.1 Å². The zero-order valence-corrected chi connectivity index (χ0v) is 10.8. The molecule has 18 heavy (non-hydrogen) atoms. The molecule has 1 heterocycles. The van der Waals surface area contributed by atoms with Gasteiger partial charge in [-0.25, -0.2) is 0 Å². The Morgan fingerprint density at radius 1 is 1.06 bits per heavy atom. The first-order valence-electron chi connectivity index (χ1n) is 6.49. The van der Waals surface area contributed by atoms with Crippen molar-refractivity contribution in [3.05, 3.63) is 42.0 Å². The van der Waals surface area contributed by atoms with Gasteiger partial charge in [0.2, 0.25) is 0 Å². The zero-order valence-electron chi connectivity index (χ0n) is 10.8. The highest BCUT2D eigenvalue weighted by Gasteiger charge is 2.09. The quantitative estimate of drug-likeness (QED) is 0.793. The number of rotatable bonds is 6. The van der Waals surface area contributed by atoms with Crippen molar-refractivity contribution in [1.82, 2.24) is 14.8 Å². The molecule has 0 aliphatic carbocycles. The minimum Gasteiger partial charge on any atom is -0.330 e. The van der Waals surface area contributed by atoms with E-state index in [1.165, 1.54) is 0 Å². The van der Waals surface area contributed by atoms with Crippen LogP contribution in [0, 0.1) is 6.92 Å². The van der Waals surface area contributed by atoms with Crippen molar-refractivity contribution in [3.8, 4) is 5.69 Å². The summed E-state index contributed by atoms with van der Waals surface area (Å²) < 4.78 is 2.13. The van der Waals surface area contributed by atoms with Crippen LogP contribution in [0.1, 0.15) is 30.9 Å². The first-order valence-corrected chi connectivity index (χ1v) is 6.49. The van der Waals surface area contributed by atoms with Gasteiger partial charge in [0.15, 0.2) is 0 Å². The Morgan fingerprint density at radius 2 is 1.83 bits per heavy atom. The van der Waals surface area contributed by atoms with Gasteiger partial charge in [0.1, 0.15) is 11.6 Å². The second-order valence-electron chi connectivity index (χ2n) is 4.43. The van der Waals surface area contributed by atoms with E-state index >= 15 is 0 Å². The molecule has 0 aliphatic rings. The van der Waals surface area contributed by atoms with Crippen LogP contribution in [0.25, 0.3) is 5.69 Å². The van der Waals surface area contributed by atoms with Crippen LogP contribution in [0.2, 0.25) is 0 Å². The van der Waals surface area contributed by atoms with Crippen molar-refractivity contribution in [2.24, 2.45) is 5.73 Å². The molecular weight excluding hydrogens is 224 g/mol. The standard InChI is InChI=1S/C14H20N4/c1-12-16-17-14(10-6-3-7-11-15)18(12)13-8-4-2-5-9-13/h2,4-5,8-9H,3,6-7,10-11,15H2,1H3. The number of nitrogens with zero attached hydrogens (tertiary/aromatic N) is 3. The summed E-state index contributed by atoms with van der Waals surface area (Å²) in [7, 11) is 0. The molecule has 0 saturated carbocycles. The lowest BCUT2D eigenvalue weighted by molar-refractivity contribution is 0.661. The second kappa shape index (κ2) is 6.31. The maximum Gasteiger partial charge on any atom is 0.137 e. The SMILES string of the molecule is Cc1nnc(CCCCCN)n1-c1ccccc1. The van der Waals surface area contributed by atoms with Gasteiger partial charge in [0.05, 0.1) is 0 Å². The molecule has 1 aromatic carbocycles. The molecule has 0 radical (unpaired) electrons. The Hall–Kier alpha value is -1.68. The minimum atomic E-state index is 0.768. The van der Waals surface area contributed by atoms with Crippen LogP contribution in [0.5, 0.6) is 0 Å². The van der Waals surface area contributed by atoms with Gasteiger partial charge >= 0.3 is 0 Å². The Bertz CT molecular complexity index is 476. The molecule has 0 atom stereocenters. The molecule has 96 valence electrons. The Labute approximate surface area is 108 Å². The summed E-state index contributed by atoms with van der Waals surface area (Å²) in [6.07, 6.45) is 4.30. The molecule has 2 rings (SSSR count). The predicted octanol–water partition coefficient (Wildman–Crippen LogP) is 2.25. The maximum absolute atomic E-state index is 5.50. The number of aryl methyl sites for hydroxylation is 2. The van der Waals surface area contributed by atoms with Gasteiger partial charge in [-0.2, -0.15) is 0 Å². The van der Waals surface area contributed by atoms with Gasteiger partial charge in [-0.3, -0.25) is 4.57 Å². The van der Waals surface area contributed by atoms with E-state index < -0.39 is 0 Å². The molecule has 2 N–H and O–H groups in total. The number of unbranched alkanes of at least 4 members (excludes halogenated alkanes) is 2. The molecule has 0 spiro atoms. The topological polar surface area (TPSA) is 56.7 Å². The normalized spacial score (nSPS) is 10.8. The van der Waals surface area contributed by atoms with E-state index in [9.17, 15) is 0 Å². The van der Waals surface area contributed by atoms with E-state index in [2.05, 4.69) is 26.9 Å². The highest BCUT2D eigenvalue weighted by Crippen LogP contribution is 2.14. The summed E-state index contributed by atoms with van der Waals surface area (Å²) >= 11 is 0. The summed E-state index contributed by atoms with van der Waals surface area (Å²) in [5, 5.41) is 8.45. The molecule has 0 aliphatic heterocycles. The largest absolute Gasteiger partial charge is 0.330 e. The third-order valence-electron chi connectivity index (χ3n) is 3.01. The first-order chi connectivity index (χ1) is 8.83. The van der Waals surface area contributed by atoms with Crippen LogP contribution in [0.4, 0.5) is 0 Å². The van der Waals surface area contributed by atoms with Crippen LogP contribution < -0.4 is 5.73 Å². The van der Waals surface area contributed by atoms with Crippen LogP contribution >= 0.6 is 0 Å². The van der Waals surface area contributed by atoms with E-state index in [-0.39, 0.29) is 0 Å². The number of hydrogen-bond acceptors (Lipinski definition) is 3. The minimum absolute atomic E-state index is 0.768. The smallest absolute Gasteiger partial charge is 0.137 e. The summed E-state index contributed by atoms with van der Waals surface area (Å²) in [5.74, 6) is 1.98. The molecule has 0 saturated heterocycles. The monoisotopic (exact) mass is 244 g/mol. The summed E-state index contributed by atoms with van der Waals surface area (Å²) in [4.78, 5) is 0. The molecule has 1 aromatic heterocycles. The summed E-state index contributed by atoms with van der Waals surface area (Å²) in [6, 6.07) is 10.3. The third kappa shape index (κ3) is 2.96. The lowest BCUT2D eigenvalue weighted by Crippen LogP contribution is -2.04. The van der Waals surface area contributed by atoms with Crippen LogP contribution in [0.15, 0.2) is 30.3 Å². The number of benzene rings is 1. The molecule has 2 aromatic rings. The fourth-order valence-corrected chi connectivity index (χ4v) is 2.09. The fourth-order valence-electron chi connectivity index (χ4n) is 2.09. The molecular formula is C14H20N4. The Balaban J connectivity index is 2.12. The lowest BCUT2D eigenvalue weighted by Gasteiger charge is -2.08. The fraction of sp³-hybridized carbons (Fsp3) is 0.429. The highest BCUT2D eigenvalue weighted by atomic mass is 15.3. The molecule has 0 amide bonds. The van der Waals surface area contributed by atoms with Crippen LogP contribution in [-0.4, -0.2) is 21.3 Å². The summed E-state index contributed by atoms with van der Waals surface area (Å²) in [5.41, 5.74) is 6.63. The molecule has 0 bridgehead atoms. The van der Waals surface area contributed by atoms with Crippen LogP contribution in [-0.2, 0) is 6.42 Å². The Kier molecular flexibility index (Phi) is 4.47. The molecule has 4 heteroatoms. The Morgan fingerprint density at radius 3 is 2.56 bits per heavy atom. The second-order valence-corrected chi connectivity index (χ2v) is 4.43. The molecule has 0 unspecified atom stereocenters. The van der Waals surface area contributed by atoms with Gasteiger partial charge in [-0.1, -0.05) is 24.6 Å². The first kappa shape index (κ1) is 12.8. The predicted molar refractivity (Wildman–Crippen MR) is 72.7 cm³/mol. The van der Waals surface area contributed by atoms with Crippen molar-refractivity contribution in [1.29, 1.82) is 0 Å². The van der Waals surface area contributed by atoms with E-state index in [0.29, 0.717) is 0 Å². The number of nitrogens with two attached hydrogens (primary N) is 1. The molecule has 4 nitrogen and oxygen atoms in total.